The molecule has 2 aromatic heterocycles. The van der Waals surface area contributed by atoms with Gasteiger partial charge in [0.2, 0.25) is 0 Å². The van der Waals surface area contributed by atoms with E-state index in [1.807, 2.05) is 18.2 Å². The van der Waals surface area contributed by atoms with Crippen molar-refractivity contribution in [1.29, 1.82) is 0 Å². The van der Waals surface area contributed by atoms with E-state index in [1.54, 1.807) is 18.4 Å². The fourth-order valence-corrected chi connectivity index (χ4v) is 3.66. The first kappa shape index (κ1) is 15.1. The van der Waals surface area contributed by atoms with Crippen LogP contribution in [0.5, 0.6) is 5.75 Å². The second kappa shape index (κ2) is 5.41. The Hall–Kier alpha value is -1.85. The van der Waals surface area contributed by atoms with Crippen molar-refractivity contribution in [2.75, 3.05) is 7.11 Å². The fraction of sp³-hybridized carbons (Fsp3) is 0.353. The Morgan fingerprint density at radius 2 is 2.00 bits per heavy atom. The molecule has 3 rings (SSSR count). The maximum Gasteiger partial charge on any atom is 0.194 e. The second-order valence-electron chi connectivity index (χ2n) is 6.30. The molecule has 0 atom stereocenters. The number of imidazole rings is 1. The molecule has 22 heavy (non-hydrogen) atoms. The number of benzene rings is 1. The van der Waals surface area contributed by atoms with Gasteiger partial charge in [-0.1, -0.05) is 32.9 Å². The van der Waals surface area contributed by atoms with Crippen molar-refractivity contribution >= 4 is 16.3 Å². The number of hydrogen-bond donors (Lipinski definition) is 1. The summed E-state index contributed by atoms with van der Waals surface area (Å²) in [4.78, 5) is 5.80. The van der Waals surface area contributed by atoms with Crippen LogP contribution in [-0.2, 0) is 12.0 Å². The summed E-state index contributed by atoms with van der Waals surface area (Å²) < 4.78 is 7.68. The highest BCUT2D eigenvalue weighted by atomic mass is 32.1. The van der Waals surface area contributed by atoms with E-state index in [0.29, 0.717) is 6.54 Å². The number of methoxy groups -OCH3 is 1. The Kier molecular flexibility index (Phi) is 3.70. The van der Waals surface area contributed by atoms with Crippen molar-refractivity contribution in [3.63, 3.8) is 0 Å². The summed E-state index contributed by atoms with van der Waals surface area (Å²) in [5.41, 5.74) is 10.3. The minimum atomic E-state index is -0.0293. The van der Waals surface area contributed by atoms with Gasteiger partial charge in [-0.2, -0.15) is 0 Å². The van der Waals surface area contributed by atoms with Crippen molar-refractivity contribution in [2.24, 2.45) is 5.73 Å². The molecule has 0 unspecified atom stereocenters. The van der Waals surface area contributed by atoms with Gasteiger partial charge in [0.1, 0.15) is 5.75 Å². The maximum absolute atomic E-state index is 6.05. The lowest BCUT2D eigenvalue weighted by Gasteiger charge is -2.17. The number of rotatable bonds is 3. The molecule has 2 N–H and O–H groups in total. The monoisotopic (exact) mass is 315 g/mol. The highest BCUT2D eigenvalue weighted by Gasteiger charge is 2.25. The average molecular weight is 315 g/mol. The molecule has 0 bridgehead atoms. The standard InChI is InChI=1S/C17H21N3OS/c1-17(2,3)15-12(9-18)20-13(10-22-16(20)19-15)11-7-5-6-8-14(11)21-4/h5-8,10H,9,18H2,1-4H3. The van der Waals surface area contributed by atoms with Crippen molar-refractivity contribution in [1.82, 2.24) is 9.38 Å². The van der Waals surface area contributed by atoms with E-state index in [9.17, 15) is 0 Å². The van der Waals surface area contributed by atoms with Gasteiger partial charge < -0.3 is 10.5 Å². The predicted molar refractivity (Wildman–Crippen MR) is 91.6 cm³/mol. The van der Waals surface area contributed by atoms with Gasteiger partial charge in [0, 0.05) is 22.9 Å². The maximum atomic E-state index is 6.05. The first-order chi connectivity index (χ1) is 10.5. The SMILES string of the molecule is COc1ccccc1-c1csc2nc(C(C)(C)C)c(CN)n12. The molecule has 0 saturated heterocycles. The molecule has 0 spiro atoms. The molecule has 0 saturated carbocycles. The van der Waals surface area contributed by atoms with Crippen LogP contribution in [0.15, 0.2) is 29.6 Å². The van der Waals surface area contributed by atoms with E-state index >= 15 is 0 Å². The topological polar surface area (TPSA) is 52.5 Å². The molecule has 0 aliphatic rings. The molecule has 5 heteroatoms. The third-order valence-electron chi connectivity index (χ3n) is 3.75. The highest BCUT2D eigenvalue weighted by molar-refractivity contribution is 7.15. The highest BCUT2D eigenvalue weighted by Crippen LogP contribution is 2.36. The van der Waals surface area contributed by atoms with E-state index < -0.39 is 0 Å². The summed E-state index contributed by atoms with van der Waals surface area (Å²) in [6, 6.07) is 8.04. The summed E-state index contributed by atoms with van der Waals surface area (Å²) >= 11 is 1.64. The number of aromatic nitrogens is 2. The number of hydrogen-bond acceptors (Lipinski definition) is 4. The summed E-state index contributed by atoms with van der Waals surface area (Å²) in [5.74, 6) is 0.858. The number of thiazole rings is 1. The van der Waals surface area contributed by atoms with Gasteiger partial charge in [-0.25, -0.2) is 4.98 Å². The second-order valence-corrected chi connectivity index (χ2v) is 7.14. The largest absolute Gasteiger partial charge is 0.496 e. The van der Waals surface area contributed by atoms with Crippen molar-refractivity contribution in [3.05, 3.63) is 41.0 Å². The molecule has 3 aromatic rings. The van der Waals surface area contributed by atoms with Gasteiger partial charge in [-0.3, -0.25) is 4.40 Å². The van der Waals surface area contributed by atoms with Crippen LogP contribution in [0.1, 0.15) is 32.2 Å². The Bertz CT molecular complexity index is 811. The Labute approximate surface area is 134 Å². The molecule has 0 fully saturated rings. The Morgan fingerprint density at radius 3 is 2.64 bits per heavy atom. The Morgan fingerprint density at radius 1 is 1.27 bits per heavy atom. The molecule has 1 aromatic carbocycles. The average Bonchev–Trinajstić information content (AvgIpc) is 3.05. The van der Waals surface area contributed by atoms with E-state index in [1.165, 1.54) is 0 Å². The van der Waals surface area contributed by atoms with Crippen LogP contribution in [0.2, 0.25) is 0 Å². The third kappa shape index (κ3) is 2.30. The minimum Gasteiger partial charge on any atom is -0.496 e. The number of para-hydroxylation sites is 1. The van der Waals surface area contributed by atoms with Crippen LogP contribution >= 0.6 is 11.3 Å². The number of fused-ring (bicyclic) bond motifs is 1. The lowest BCUT2D eigenvalue weighted by Crippen LogP contribution is -2.17. The van der Waals surface area contributed by atoms with E-state index in [2.05, 4.69) is 36.6 Å². The summed E-state index contributed by atoms with van der Waals surface area (Å²) in [5, 5.41) is 2.12. The van der Waals surface area contributed by atoms with E-state index in [4.69, 9.17) is 15.5 Å². The van der Waals surface area contributed by atoms with Gasteiger partial charge >= 0.3 is 0 Å². The summed E-state index contributed by atoms with van der Waals surface area (Å²) in [6.45, 7) is 6.97. The summed E-state index contributed by atoms with van der Waals surface area (Å²) in [7, 11) is 1.70. The van der Waals surface area contributed by atoms with Crippen LogP contribution in [0.3, 0.4) is 0 Å². The van der Waals surface area contributed by atoms with Gasteiger partial charge in [-0.05, 0) is 12.1 Å². The first-order valence-corrected chi connectivity index (χ1v) is 8.18. The molecule has 2 heterocycles. The van der Waals surface area contributed by atoms with E-state index in [0.717, 1.165) is 33.4 Å². The number of nitrogens with two attached hydrogens (primary N) is 1. The smallest absolute Gasteiger partial charge is 0.194 e. The number of nitrogens with zero attached hydrogens (tertiary/aromatic N) is 2. The van der Waals surface area contributed by atoms with Gasteiger partial charge in [-0.15, -0.1) is 11.3 Å². The first-order valence-electron chi connectivity index (χ1n) is 7.30. The molecule has 0 amide bonds. The molecule has 0 radical (unpaired) electrons. The minimum absolute atomic E-state index is 0.0293. The quantitative estimate of drug-likeness (QED) is 0.799. The van der Waals surface area contributed by atoms with Crippen LogP contribution < -0.4 is 10.5 Å². The zero-order chi connectivity index (χ0) is 15.9. The lowest BCUT2D eigenvalue weighted by atomic mass is 9.90. The fourth-order valence-electron chi connectivity index (χ4n) is 2.75. The molecular weight excluding hydrogens is 294 g/mol. The van der Waals surface area contributed by atoms with Gasteiger partial charge in [0.05, 0.1) is 24.2 Å². The van der Waals surface area contributed by atoms with Gasteiger partial charge in [0.15, 0.2) is 4.96 Å². The zero-order valence-corrected chi connectivity index (χ0v) is 14.2. The van der Waals surface area contributed by atoms with Crippen LogP contribution in [0.4, 0.5) is 0 Å². The van der Waals surface area contributed by atoms with Crippen LogP contribution in [-0.4, -0.2) is 16.5 Å². The summed E-state index contributed by atoms with van der Waals surface area (Å²) in [6.07, 6.45) is 0. The van der Waals surface area contributed by atoms with Crippen molar-refractivity contribution in [2.45, 2.75) is 32.7 Å². The molecule has 0 aliphatic heterocycles. The zero-order valence-electron chi connectivity index (χ0n) is 13.4. The lowest BCUT2D eigenvalue weighted by molar-refractivity contribution is 0.416. The molecule has 4 nitrogen and oxygen atoms in total. The molecule has 116 valence electrons. The van der Waals surface area contributed by atoms with Gasteiger partial charge in [0.25, 0.3) is 0 Å². The number of ether oxygens (including phenoxy) is 1. The van der Waals surface area contributed by atoms with Crippen molar-refractivity contribution < 1.29 is 4.74 Å². The predicted octanol–water partition coefficient (Wildman–Crippen LogP) is 3.83. The molecule has 0 aliphatic carbocycles. The van der Waals surface area contributed by atoms with Crippen LogP contribution in [0.25, 0.3) is 16.2 Å². The molecular formula is C17H21N3OS. The van der Waals surface area contributed by atoms with Crippen LogP contribution in [0, 0.1) is 0 Å². The van der Waals surface area contributed by atoms with E-state index in [-0.39, 0.29) is 5.41 Å². The Balaban J connectivity index is 2.30. The van der Waals surface area contributed by atoms with Crippen molar-refractivity contribution in [3.8, 4) is 17.0 Å². The normalized spacial score (nSPS) is 12.0. The third-order valence-corrected chi connectivity index (χ3v) is 4.57.